The molecule has 1 nitrogen and oxygen atoms in total. The molecule has 0 saturated carbocycles. The van der Waals surface area contributed by atoms with Gasteiger partial charge in [0.2, 0.25) is 0 Å². The molecule has 0 radical (unpaired) electrons. The molecule has 2 aliphatic heterocycles. The van der Waals surface area contributed by atoms with Crippen LogP contribution in [0.4, 0.5) is 0 Å². The lowest BCUT2D eigenvalue weighted by Gasteiger charge is -1.92. The molecule has 0 unspecified atom stereocenters. The number of rotatable bonds is 0. The van der Waals surface area contributed by atoms with Crippen LogP contribution >= 0.6 is 11.3 Å². The number of benzene rings is 1. The van der Waals surface area contributed by atoms with Crippen LogP contribution in [0, 0.1) is 0 Å². The molecular formula is C11H7NS. The van der Waals surface area contributed by atoms with Gasteiger partial charge in [-0.2, -0.15) is 0 Å². The summed E-state index contributed by atoms with van der Waals surface area (Å²) in [5, 5.41) is 3.36. The molecule has 62 valence electrons. The summed E-state index contributed by atoms with van der Waals surface area (Å²) < 4.78 is 0. The van der Waals surface area contributed by atoms with Gasteiger partial charge in [-0.25, -0.2) is 4.98 Å². The van der Waals surface area contributed by atoms with Gasteiger partial charge in [0.15, 0.2) is 0 Å². The second-order valence-corrected chi connectivity index (χ2v) is 3.87. The monoisotopic (exact) mass is 185 g/mol. The molecule has 0 spiro atoms. The van der Waals surface area contributed by atoms with Crippen molar-refractivity contribution in [2.75, 3.05) is 0 Å². The van der Waals surface area contributed by atoms with Crippen molar-refractivity contribution in [3.05, 3.63) is 41.8 Å². The third kappa shape index (κ3) is 0.956. The predicted molar refractivity (Wildman–Crippen MR) is 56.2 cm³/mol. The predicted octanol–water partition coefficient (Wildman–Crippen LogP) is 3.40. The van der Waals surface area contributed by atoms with Crippen LogP contribution in [-0.4, -0.2) is 4.98 Å². The topological polar surface area (TPSA) is 12.9 Å². The minimum Gasteiger partial charge on any atom is -0.247 e. The van der Waals surface area contributed by atoms with Crippen LogP contribution < -0.4 is 0 Å². The summed E-state index contributed by atoms with van der Waals surface area (Å²) in [5.74, 6) is 0. The Morgan fingerprint density at radius 3 is 2.92 bits per heavy atom. The molecule has 13 heavy (non-hydrogen) atoms. The van der Waals surface area contributed by atoms with E-state index in [0.29, 0.717) is 0 Å². The van der Waals surface area contributed by atoms with Gasteiger partial charge in [-0.15, -0.1) is 11.3 Å². The highest BCUT2D eigenvalue weighted by Crippen LogP contribution is 2.33. The number of aromatic nitrogens is 1. The van der Waals surface area contributed by atoms with E-state index in [-0.39, 0.29) is 0 Å². The normalized spacial score (nSPS) is 11.1. The van der Waals surface area contributed by atoms with Gasteiger partial charge in [-0.3, -0.25) is 0 Å². The van der Waals surface area contributed by atoms with E-state index in [2.05, 4.69) is 34.6 Å². The third-order valence-electron chi connectivity index (χ3n) is 2.14. The molecule has 0 aromatic heterocycles. The first-order chi connectivity index (χ1) is 6.45. The summed E-state index contributed by atoms with van der Waals surface area (Å²) in [6, 6.07) is 12.4. The maximum atomic E-state index is 4.53. The Morgan fingerprint density at radius 1 is 1.00 bits per heavy atom. The van der Waals surface area contributed by atoms with Crippen molar-refractivity contribution in [3.63, 3.8) is 0 Å². The van der Waals surface area contributed by atoms with Crippen molar-refractivity contribution in [1.82, 2.24) is 4.98 Å². The van der Waals surface area contributed by atoms with Crippen LogP contribution in [0.15, 0.2) is 41.8 Å². The molecule has 0 aliphatic carbocycles. The van der Waals surface area contributed by atoms with Gasteiger partial charge in [-0.05, 0) is 17.5 Å². The number of hydrogen-bond donors (Lipinski definition) is 0. The molecule has 3 rings (SSSR count). The van der Waals surface area contributed by atoms with E-state index >= 15 is 0 Å². The summed E-state index contributed by atoms with van der Waals surface area (Å²) in [4.78, 5) is 5.82. The fraction of sp³-hybridized carbons (Fsp3) is 0. The Labute approximate surface area is 80.0 Å². The van der Waals surface area contributed by atoms with Crippen molar-refractivity contribution < 1.29 is 0 Å². The SMILES string of the molecule is c1csc2c3ccccc3nc-2c1. The molecule has 2 heterocycles. The van der Waals surface area contributed by atoms with Crippen molar-refractivity contribution in [1.29, 1.82) is 0 Å². The van der Waals surface area contributed by atoms with Crippen LogP contribution in [0.2, 0.25) is 0 Å². The van der Waals surface area contributed by atoms with Crippen molar-refractivity contribution in [2.45, 2.75) is 0 Å². The molecule has 1 aromatic carbocycles. The van der Waals surface area contributed by atoms with Crippen LogP contribution in [-0.2, 0) is 0 Å². The summed E-state index contributed by atoms with van der Waals surface area (Å²) in [5.41, 5.74) is 2.20. The van der Waals surface area contributed by atoms with Gasteiger partial charge in [0.25, 0.3) is 0 Å². The van der Waals surface area contributed by atoms with E-state index in [9.17, 15) is 0 Å². The van der Waals surface area contributed by atoms with E-state index in [1.54, 1.807) is 11.3 Å². The maximum Gasteiger partial charge on any atom is 0.0816 e. The zero-order valence-corrected chi connectivity index (χ0v) is 7.71. The molecule has 0 atom stereocenters. The van der Waals surface area contributed by atoms with E-state index < -0.39 is 0 Å². The Morgan fingerprint density at radius 2 is 1.92 bits per heavy atom. The van der Waals surface area contributed by atoms with Crippen LogP contribution in [0.25, 0.3) is 21.5 Å². The molecule has 2 heteroatoms. The molecule has 0 fully saturated rings. The highest BCUT2D eigenvalue weighted by atomic mass is 32.1. The summed E-state index contributed by atoms with van der Waals surface area (Å²) in [6.07, 6.45) is 0. The minimum atomic E-state index is 1.10. The first-order valence-electron chi connectivity index (χ1n) is 4.17. The van der Waals surface area contributed by atoms with E-state index in [1.165, 1.54) is 10.3 Å². The molecule has 0 amide bonds. The standard InChI is InChI=1S/C11H7NS/c1-2-5-9-8(4-1)11-10(12-9)6-3-7-13-11/h1-7H. The zero-order valence-electron chi connectivity index (χ0n) is 6.90. The first-order valence-corrected chi connectivity index (χ1v) is 5.05. The molecule has 0 bridgehead atoms. The first kappa shape index (κ1) is 7.04. The maximum absolute atomic E-state index is 4.53. The van der Waals surface area contributed by atoms with Gasteiger partial charge in [0.05, 0.1) is 16.1 Å². The summed E-state index contributed by atoms with van der Waals surface area (Å²) in [6.45, 7) is 0. The van der Waals surface area contributed by atoms with Crippen LogP contribution in [0.3, 0.4) is 0 Å². The lowest BCUT2D eigenvalue weighted by atomic mass is 10.2. The fourth-order valence-electron chi connectivity index (χ4n) is 1.56. The molecule has 0 N–H and O–H groups in total. The largest absolute Gasteiger partial charge is 0.247 e. The average molecular weight is 185 g/mol. The third-order valence-corrected chi connectivity index (χ3v) is 3.10. The Bertz CT molecular complexity index is 527. The summed E-state index contributed by atoms with van der Waals surface area (Å²) in [7, 11) is 0. The minimum absolute atomic E-state index is 1.10. The smallest absolute Gasteiger partial charge is 0.0816 e. The quantitative estimate of drug-likeness (QED) is 0.523. The number of fused-ring (bicyclic) bond motifs is 3. The zero-order chi connectivity index (χ0) is 8.67. The van der Waals surface area contributed by atoms with Crippen molar-refractivity contribution >= 4 is 22.2 Å². The number of nitrogens with zero attached hydrogens (tertiary/aromatic N) is 1. The highest BCUT2D eigenvalue weighted by Gasteiger charge is 2.09. The van der Waals surface area contributed by atoms with Crippen molar-refractivity contribution in [2.24, 2.45) is 0 Å². The van der Waals surface area contributed by atoms with Gasteiger partial charge >= 0.3 is 0 Å². The highest BCUT2D eigenvalue weighted by molar-refractivity contribution is 7.14. The van der Waals surface area contributed by atoms with Crippen molar-refractivity contribution in [3.8, 4) is 10.6 Å². The Kier molecular flexibility index (Phi) is 1.37. The van der Waals surface area contributed by atoms with Gasteiger partial charge in [0.1, 0.15) is 0 Å². The lowest BCUT2D eigenvalue weighted by Crippen LogP contribution is -1.68. The number of para-hydroxylation sites is 1. The van der Waals surface area contributed by atoms with E-state index in [1.807, 2.05) is 12.1 Å². The molecular weight excluding hydrogens is 178 g/mol. The van der Waals surface area contributed by atoms with Gasteiger partial charge < -0.3 is 0 Å². The van der Waals surface area contributed by atoms with Crippen LogP contribution in [0.5, 0.6) is 0 Å². The average Bonchev–Trinajstić information content (AvgIpc) is 2.56. The molecule has 1 aromatic rings. The van der Waals surface area contributed by atoms with Crippen LogP contribution in [0.1, 0.15) is 0 Å². The Balaban J connectivity index is 2.56. The molecule has 0 saturated heterocycles. The fourth-order valence-corrected chi connectivity index (χ4v) is 2.38. The molecule has 2 aliphatic rings. The van der Waals surface area contributed by atoms with E-state index in [0.717, 1.165) is 11.2 Å². The second-order valence-electron chi connectivity index (χ2n) is 2.96. The van der Waals surface area contributed by atoms with E-state index in [4.69, 9.17) is 0 Å². The summed E-state index contributed by atoms with van der Waals surface area (Å²) >= 11 is 1.75. The van der Waals surface area contributed by atoms with Gasteiger partial charge in [0, 0.05) is 5.39 Å². The van der Waals surface area contributed by atoms with Gasteiger partial charge in [-0.1, -0.05) is 24.3 Å². The lowest BCUT2D eigenvalue weighted by molar-refractivity contribution is 1.48. The second kappa shape index (κ2) is 2.54. The Hall–Kier alpha value is -1.41. The number of hydrogen-bond acceptors (Lipinski definition) is 2.